The summed E-state index contributed by atoms with van der Waals surface area (Å²) >= 11 is 0. The van der Waals surface area contributed by atoms with Crippen molar-refractivity contribution in [3.8, 4) is 0 Å². The molecule has 1 fully saturated rings. The molecule has 0 saturated carbocycles. The molecule has 1 saturated heterocycles. The predicted octanol–water partition coefficient (Wildman–Crippen LogP) is -0.661. The first-order valence-electron chi connectivity index (χ1n) is 4.62. The summed E-state index contributed by atoms with van der Waals surface area (Å²) in [4.78, 5) is 32.5. The van der Waals surface area contributed by atoms with Gasteiger partial charge in [-0.3, -0.25) is 14.4 Å². The molecule has 0 radical (unpaired) electrons. The summed E-state index contributed by atoms with van der Waals surface area (Å²) in [6.07, 6.45) is -0.297. The van der Waals surface area contributed by atoms with E-state index in [1.54, 1.807) is 0 Å². The van der Waals surface area contributed by atoms with Crippen molar-refractivity contribution in [2.45, 2.75) is 19.4 Å². The highest BCUT2D eigenvalue weighted by Gasteiger charge is 2.43. The lowest BCUT2D eigenvalue weighted by atomic mass is 9.85. The Bertz CT molecular complexity index is 279. The van der Waals surface area contributed by atoms with Gasteiger partial charge in [-0.1, -0.05) is 0 Å². The number of Topliss-reactive ketones (excluding diaryl/α,β-unsaturated/α-hetero) is 1. The average Bonchev–Trinajstić information content (AvgIpc) is 2.46. The number of rotatable bonds is 4. The Labute approximate surface area is 86.3 Å². The zero-order chi connectivity index (χ0) is 11.6. The third-order valence-electron chi connectivity index (χ3n) is 2.70. The molecule has 0 unspecified atom stereocenters. The number of ketones is 1. The number of carboxylic acids is 2. The van der Waals surface area contributed by atoms with E-state index in [0.717, 1.165) is 0 Å². The van der Waals surface area contributed by atoms with Crippen molar-refractivity contribution in [2.24, 2.45) is 11.8 Å². The zero-order valence-corrected chi connectivity index (χ0v) is 8.27. The van der Waals surface area contributed by atoms with Gasteiger partial charge in [0.25, 0.3) is 0 Å². The van der Waals surface area contributed by atoms with Crippen LogP contribution in [0, 0.1) is 11.8 Å². The number of hydrogen-bond donors (Lipinski definition) is 3. The molecule has 15 heavy (non-hydrogen) atoms. The van der Waals surface area contributed by atoms with Crippen LogP contribution in [0.1, 0.15) is 13.3 Å². The van der Waals surface area contributed by atoms with Crippen LogP contribution in [-0.4, -0.2) is 40.5 Å². The van der Waals surface area contributed by atoms with Crippen molar-refractivity contribution in [3.05, 3.63) is 0 Å². The van der Waals surface area contributed by atoms with E-state index in [-0.39, 0.29) is 18.7 Å². The second kappa shape index (κ2) is 4.39. The first-order valence-corrected chi connectivity index (χ1v) is 4.62. The number of nitrogens with one attached hydrogen (secondary N) is 1. The van der Waals surface area contributed by atoms with Crippen molar-refractivity contribution in [3.63, 3.8) is 0 Å². The molecule has 0 bridgehead atoms. The van der Waals surface area contributed by atoms with E-state index in [0.29, 0.717) is 0 Å². The van der Waals surface area contributed by atoms with Crippen molar-refractivity contribution < 1.29 is 24.6 Å². The third kappa shape index (κ3) is 2.53. The minimum atomic E-state index is -1.11. The molecule has 0 spiro atoms. The number of carbonyl (C=O) groups excluding carboxylic acids is 1. The Morgan fingerprint density at radius 2 is 1.93 bits per heavy atom. The lowest BCUT2D eigenvalue weighted by molar-refractivity contribution is -0.142. The van der Waals surface area contributed by atoms with Gasteiger partial charge >= 0.3 is 11.9 Å². The molecule has 3 N–H and O–H groups in total. The average molecular weight is 215 g/mol. The predicted molar refractivity (Wildman–Crippen MR) is 49.3 cm³/mol. The molecule has 0 aromatic heterocycles. The molecule has 0 aromatic carbocycles. The van der Waals surface area contributed by atoms with Crippen LogP contribution in [0.3, 0.4) is 0 Å². The highest BCUT2D eigenvalue weighted by Crippen LogP contribution is 2.26. The molecule has 1 aliphatic rings. The topological polar surface area (TPSA) is 104 Å². The van der Waals surface area contributed by atoms with Gasteiger partial charge in [-0.2, -0.15) is 0 Å². The molecule has 1 heterocycles. The normalized spacial score (nSPS) is 30.1. The minimum absolute atomic E-state index is 0.169. The van der Waals surface area contributed by atoms with Gasteiger partial charge < -0.3 is 15.5 Å². The maximum Gasteiger partial charge on any atom is 0.321 e. The van der Waals surface area contributed by atoms with E-state index in [2.05, 4.69) is 5.32 Å². The number of aliphatic carboxylic acids is 2. The zero-order valence-electron chi connectivity index (χ0n) is 8.27. The molecule has 6 nitrogen and oxygen atoms in total. The van der Waals surface area contributed by atoms with Crippen LogP contribution in [0.15, 0.2) is 0 Å². The van der Waals surface area contributed by atoms with Crippen LogP contribution in [-0.2, 0) is 14.4 Å². The molecule has 1 rings (SSSR count). The molecule has 0 aliphatic carbocycles. The summed E-state index contributed by atoms with van der Waals surface area (Å²) < 4.78 is 0. The molecule has 0 aromatic rings. The lowest BCUT2D eigenvalue weighted by Gasteiger charge is -2.17. The van der Waals surface area contributed by atoms with Gasteiger partial charge in [-0.25, -0.2) is 0 Å². The quantitative estimate of drug-likeness (QED) is 0.575. The Morgan fingerprint density at radius 1 is 1.33 bits per heavy atom. The van der Waals surface area contributed by atoms with Crippen LogP contribution in [0.4, 0.5) is 0 Å². The highest BCUT2D eigenvalue weighted by atomic mass is 16.4. The smallest absolute Gasteiger partial charge is 0.321 e. The van der Waals surface area contributed by atoms with E-state index < -0.39 is 29.8 Å². The van der Waals surface area contributed by atoms with Gasteiger partial charge in [0.15, 0.2) is 0 Å². The second-order valence-electron chi connectivity index (χ2n) is 3.70. The summed E-state index contributed by atoms with van der Waals surface area (Å²) in [5.41, 5.74) is 0. The van der Waals surface area contributed by atoms with E-state index in [4.69, 9.17) is 10.2 Å². The number of carbonyl (C=O) groups is 3. The molecule has 84 valence electrons. The largest absolute Gasteiger partial charge is 0.481 e. The van der Waals surface area contributed by atoms with Gasteiger partial charge in [-0.05, 0) is 6.92 Å². The van der Waals surface area contributed by atoms with Gasteiger partial charge in [0, 0.05) is 18.4 Å². The number of hydrogen-bond acceptors (Lipinski definition) is 4. The molecule has 6 heteroatoms. The Hall–Kier alpha value is -1.43. The molecule has 0 amide bonds. The van der Waals surface area contributed by atoms with Crippen LogP contribution >= 0.6 is 0 Å². The fraction of sp³-hybridized carbons (Fsp3) is 0.667. The maximum absolute atomic E-state index is 11.2. The molecule has 3 atom stereocenters. The first kappa shape index (κ1) is 11.6. The Kier molecular flexibility index (Phi) is 3.41. The molecular formula is C9H13NO5. The van der Waals surface area contributed by atoms with Crippen molar-refractivity contribution in [2.75, 3.05) is 6.54 Å². The summed E-state index contributed by atoms with van der Waals surface area (Å²) in [7, 11) is 0. The Morgan fingerprint density at radius 3 is 2.33 bits per heavy atom. The van der Waals surface area contributed by atoms with Crippen LogP contribution in [0.25, 0.3) is 0 Å². The lowest BCUT2D eigenvalue weighted by Crippen LogP contribution is -2.37. The maximum atomic E-state index is 11.2. The SMILES string of the molecule is CC(=O)[C@@H]1CN[C@H](C(=O)O)[C@H]1CC(=O)O. The second-order valence-corrected chi connectivity index (χ2v) is 3.70. The third-order valence-corrected chi connectivity index (χ3v) is 2.70. The minimum Gasteiger partial charge on any atom is -0.481 e. The Balaban J connectivity index is 2.82. The molecule has 1 aliphatic heterocycles. The van der Waals surface area contributed by atoms with Crippen molar-refractivity contribution in [1.29, 1.82) is 0 Å². The number of carboxylic acid groups (broad SMARTS) is 2. The van der Waals surface area contributed by atoms with Gasteiger partial charge in [-0.15, -0.1) is 0 Å². The fourth-order valence-electron chi connectivity index (χ4n) is 1.97. The summed E-state index contributed by atoms with van der Waals surface area (Å²) in [5.74, 6) is -3.52. The molecular weight excluding hydrogens is 202 g/mol. The summed E-state index contributed by atoms with van der Waals surface area (Å²) in [5, 5.41) is 20.1. The highest BCUT2D eigenvalue weighted by molar-refractivity contribution is 5.84. The van der Waals surface area contributed by atoms with E-state index in [9.17, 15) is 14.4 Å². The van der Waals surface area contributed by atoms with E-state index in [1.165, 1.54) is 6.92 Å². The van der Waals surface area contributed by atoms with Crippen molar-refractivity contribution >= 4 is 17.7 Å². The van der Waals surface area contributed by atoms with Crippen molar-refractivity contribution in [1.82, 2.24) is 5.32 Å². The summed E-state index contributed by atoms with van der Waals surface area (Å²) in [6.45, 7) is 1.59. The van der Waals surface area contributed by atoms with Crippen LogP contribution < -0.4 is 5.32 Å². The standard InChI is InChI=1S/C9H13NO5/c1-4(11)6-3-10-8(9(14)15)5(6)2-7(12)13/h5-6,8,10H,2-3H2,1H3,(H,12,13)(H,14,15)/t5-,6-,8-/m0/s1. The fourth-order valence-corrected chi connectivity index (χ4v) is 1.97. The first-order chi connectivity index (χ1) is 6.93. The monoisotopic (exact) mass is 215 g/mol. The van der Waals surface area contributed by atoms with Crippen LogP contribution in [0.5, 0.6) is 0 Å². The van der Waals surface area contributed by atoms with Gasteiger partial charge in [0.2, 0.25) is 0 Å². The van der Waals surface area contributed by atoms with E-state index >= 15 is 0 Å². The van der Waals surface area contributed by atoms with Gasteiger partial charge in [0.05, 0.1) is 6.42 Å². The van der Waals surface area contributed by atoms with Gasteiger partial charge in [0.1, 0.15) is 11.8 Å². The summed E-state index contributed by atoms with van der Waals surface area (Å²) in [6, 6.07) is -0.935. The van der Waals surface area contributed by atoms with E-state index in [1.807, 2.05) is 0 Å². The van der Waals surface area contributed by atoms with Crippen LogP contribution in [0.2, 0.25) is 0 Å².